The highest BCUT2D eigenvalue weighted by Gasteiger charge is 2.28. The summed E-state index contributed by atoms with van der Waals surface area (Å²) in [4.78, 5) is 40.2. The van der Waals surface area contributed by atoms with Crippen molar-refractivity contribution >= 4 is 63.0 Å². The molecule has 3 aromatic rings. The molecule has 1 aliphatic heterocycles. The Kier molecular flexibility index (Phi) is 8.88. The summed E-state index contributed by atoms with van der Waals surface area (Å²) in [6.45, 7) is 7.84. The largest absolute Gasteiger partial charge is 0.343 e. The molecule has 4 rings (SSSR count). The molecule has 1 aliphatic rings. The number of aromatic nitrogens is 3. The summed E-state index contributed by atoms with van der Waals surface area (Å²) in [6, 6.07) is 10.8. The fourth-order valence-corrected chi connectivity index (χ4v) is 4.83. The quantitative estimate of drug-likeness (QED) is 0.190. The SMILES string of the molecule is C=C(N=C/C(=C\C)c1cc2cnc(Nc3ccccc3)nc2n(CC(F)(F)I)c1=O)C1CCN(C(C)=O)CC1. The molecular weight excluding hydrogens is 617 g/mol. The number of piperidine rings is 1. The van der Waals surface area contributed by atoms with Gasteiger partial charge < -0.3 is 10.2 Å². The summed E-state index contributed by atoms with van der Waals surface area (Å²) in [6.07, 6.45) is 6.26. The number of carbonyl (C=O) groups excluding carboxylic acids is 1. The number of para-hydroxylation sites is 1. The zero-order chi connectivity index (χ0) is 28.2. The van der Waals surface area contributed by atoms with E-state index in [1.165, 1.54) is 6.20 Å². The van der Waals surface area contributed by atoms with E-state index in [2.05, 4.69) is 26.9 Å². The lowest BCUT2D eigenvalue weighted by atomic mass is 9.94. The van der Waals surface area contributed by atoms with Crippen molar-refractivity contribution in [2.75, 3.05) is 18.4 Å². The van der Waals surface area contributed by atoms with Gasteiger partial charge in [-0.3, -0.25) is 19.1 Å². The molecule has 8 nitrogen and oxygen atoms in total. The van der Waals surface area contributed by atoms with Crippen LogP contribution in [0.4, 0.5) is 20.4 Å². The van der Waals surface area contributed by atoms with E-state index in [1.54, 1.807) is 37.1 Å². The van der Waals surface area contributed by atoms with Crippen LogP contribution in [0.15, 0.2) is 70.7 Å². The zero-order valence-electron chi connectivity index (χ0n) is 21.7. The number of alkyl halides is 3. The first-order chi connectivity index (χ1) is 18.6. The molecule has 204 valence electrons. The van der Waals surface area contributed by atoms with Crippen LogP contribution in [0.5, 0.6) is 0 Å². The van der Waals surface area contributed by atoms with E-state index in [0.717, 1.165) is 45.7 Å². The van der Waals surface area contributed by atoms with Crippen LogP contribution >= 0.6 is 22.6 Å². The number of pyridine rings is 1. The first-order valence-electron chi connectivity index (χ1n) is 12.5. The van der Waals surface area contributed by atoms with Crippen molar-refractivity contribution in [1.82, 2.24) is 19.4 Å². The van der Waals surface area contributed by atoms with Crippen LogP contribution in [0.2, 0.25) is 0 Å². The van der Waals surface area contributed by atoms with Gasteiger partial charge in [-0.1, -0.05) is 30.9 Å². The van der Waals surface area contributed by atoms with Crippen LogP contribution < -0.4 is 10.9 Å². The lowest BCUT2D eigenvalue weighted by Crippen LogP contribution is -2.37. The number of aliphatic imine (C=N–C) groups is 1. The molecule has 11 heteroatoms. The second kappa shape index (κ2) is 12.1. The van der Waals surface area contributed by atoms with Gasteiger partial charge >= 0.3 is 3.93 Å². The number of hydrogen-bond acceptors (Lipinski definition) is 6. The molecule has 0 radical (unpaired) electrons. The Labute approximate surface area is 238 Å². The van der Waals surface area contributed by atoms with Gasteiger partial charge in [-0.2, -0.15) is 13.8 Å². The van der Waals surface area contributed by atoms with Crippen molar-refractivity contribution in [1.29, 1.82) is 0 Å². The van der Waals surface area contributed by atoms with Gasteiger partial charge in [0.1, 0.15) is 12.2 Å². The predicted octanol–water partition coefficient (Wildman–Crippen LogP) is 5.81. The lowest BCUT2D eigenvalue weighted by Gasteiger charge is -2.31. The molecule has 1 saturated heterocycles. The fourth-order valence-electron chi connectivity index (χ4n) is 4.49. The normalized spacial score (nSPS) is 15.2. The average molecular weight is 646 g/mol. The maximum Gasteiger partial charge on any atom is 0.314 e. The van der Waals surface area contributed by atoms with Gasteiger partial charge in [0, 0.05) is 88.8 Å². The summed E-state index contributed by atoms with van der Waals surface area (Å²) in [5.41, 5.74) is 1.55. The van der Waals surface area contributed by atoms with E-state index in [1.807, 2.05) is 30.3 Å². The molecule has 2 aromatic heterocycles. The summed E-state index contributed by atoms with van der Waals surface area (Å²) in [5.74, 6) is 0.353. The summed E-state index contributed by atoms with van der Waals surface area (Å²) in [5, 5.41) is 3.47. The second-order valence-electron chi connectivity index (χ2n) is 9.30. The van der Waals surface area contributed by atoms with Gasteiger partial charge in [-0.15, -0.1) is 0 Å². The molecule has 1 fully saturated rings. The molecule has 0 unspecified atom stereocenters. The molecule has 0 bridgehead atoms. The fraction of sp³-hybridized carbons (Fsp3) is 0.321. The molecule has 0 spiro atoms. The van der Waals surface area contributed by atoms with Gasteiger partial charge in [0.15, 0.2) is 0 Å². The number of allylic oxidation sites excluding steroid dienone is 3. The smallest absolute Gasteiger partial charge is 0.314 e. The number of nitrogens with zero attached hydrogens (tertiary/aromatic N) is 5. The van der Waals surface area contributed by atoms with E-state index in [9.17, 15) is 18.4 Å². The maximum absolute atomic E-state index is 14.2. The minimum atomic E-state index is -3.18. The molecule has 1 N–H and O–H groups in total. The van der Waals surface area contributed by atoms with Crippen molar-refractivity contribution in [2.45, 2.75) is 37.2 Å². The number of nitrogens with one attached hydrogen (secondary N) is 1. The Balaban J connectivity index is 1.66. The van der Waals surface area contributed by atoms with E-state index in [0.29, 0.717) is 29.7 Å². The molecule has 0 saturated carbocycles. The summed E-state index contributed by atoms with van der Waals surface area (Å²) < 4.78 is 26.2. The van der Waals surface area contributed by atoms with Crippen LogP contribution in [0.1, 0.15) is 32.3 Å². The molecule has 0 aliphatic carbocycles. The molecule has 0 atom stereocenters. The third-order valence-corrected chi connectivity index (χ3v) is 6.94. The lowest BCUT2D eigenvalue weighted by molar-refractivity contribution is -0.130. The van der Waals surface area contributed by atoms with E-state index < -0.39 is 16.0 Å². The number of rotatable bonds is 8. The first kappa shape index (κ1) is 28.5. The molecule has 39 heavy (non-hydrogen) atoms. The van der Waals surface area contributed by atoms with Gasteiger partial charge in [0.05, 0.1) is 0 Å². The Morgan fingerprint density at radius 2 is 1.97 bits per heavy atom. The van der Waals surface area contributed by atoms with Gasteiger partial charge in [0.2, 0.25) is 11.9 Å². The van der Waals surface area contributed by atoms with Gasteiger partial charge in [-0.05, 0) is 38.0 Å². The van der Waals surface area contributed by atoms with Crippen LogP contribution in [0, 0.1) is 5.92 Å². The van der Waals surface area contributed by atoms with Crippen molar-refractivity contribution in [3.63, 3.8) is 0 Å². The summed E-state index contributed by atoms with van der Waals surface area (Å²) in [7, 11) is 0. The van der Waals surface area contributed by atoms with Gasteiger partial charge in [-0.25, -0.2) is 4.98 Å². The Bertz CT molecular complexity index is 1490. The monoisotopic (exact) mass is 646 g/mol. The third kappa shape index (κ3) is 7.14. The van der Waals surface area contributed by atoms with Gasteiger partial charge in [0.25, 0.3) is 5.56 Å². The predicted molar refractivity (Wildman–Crippen MR) is 159 cm³/mol. The minimum Gasteiger partial charge on any atom is -0.343 e. The number of amides is 1. The standard InChI is InChI=1S/C28H29F2IN6O2/c1-4-20(15-32-18(2)21-10-12-36(13-11-21)19(3)38)24-14-22-16-33-27(34-23-8-6-5-7-9-23)35-25(22)37(26(24)39)17-28(29,30)31/h4-9,14-16,21H,2,10-13,17H2,1,3H3,(H,33,34,35)/b20-4+,32-15?. The number of hydrogen-bond donors (Lipinski definition) is 1. The highest BCUT2D eigenvalue weighted by molar-refractivity contribution is 14.1. The highest BCUT2D eigenvalue weighted by Crippen LogP contribution is 2.28. The number of halogens is 3. The highest BCUT2D eigenvalue weighted by atomic mass is 127. The zero-order valence-corrected chi connectivity index (χ0v) is 23.9. The number of fused-ring (bicyclic) bond motifs is 1. The van der Waals surface area contributed by atoms with Crippen molar-refractivity contribution in [3.05, 3.63) is 76.9 Å². The Hall–Kier alpha value is -3.48. The van der Waals surface area contributed by atoms with Crippen LogP contribution in [-0.4, -0.2) is 48.6 Å². The third-order valence-electron chi connectivity index (χ3n) is 6.60. The van der Waals surface area contributed by atoms with Crippen LogP contribution in [-0.2, 0) is 11.3 Å². The van der Waals surface area contributed by atoms with E-state index in [-0.39, 0.29) is 29.0 Å². The molecule has 1 aromatic carbocycles. The minimum absolute atomic E-state index is 0.0513. The molecule has 3 heterocycles. The van der Waals surface area contributed by atoms with Crippen molar-refractivity contribution in [2.24, 2.45) is 10.9 Å². The van der Waals surface area contributed by atoms with E-state index in [4.69, 9.17) is 0 Å². The Morgan fingerprint density at radius 3 is 2.59 bits per heavy atom. The number of carbonyl (C=O) groups is 1. The summed E-state index contributed by atoms with van der Waals surface area (Å²) >= 11 is 1.02. The number of likely N-dealkylation sites (tertiary alicyclic amines) is 1. The number of anilines is 2. The topological polar surface area (TPSA) is 92.5 Å². The Morgan fingerprint density at radius 1 is 1.28 bits per heavy atom. The van der Waals surface area contributed by atoms with Crippen molar-refractivity contribution in [3.8, 4) is 0 Å². The first-order valence-corrected chi connectivity index (χ1v) is 13.6. The molecule has 1 amide bonds. The van der Waals surface area contributed by atoms with Crippen LogP contribution in [0.3, 0.4) is 0 Å². The number of benzene rings is 1. The second-order valence-corrected chi connectivity index (χ2v) is 10.9. The van der Waals surface area contributed by atoms with Crippen molar-refractivity contribution < 1.29 is 13.6 Å². The molecular formula is C28H29F2IN6O2. The maximum atomic E-state index is 14.2. The van der Waals surface area contributed by atoms with E-state index >= 15 is 0 Å². The van der Waals surface area contributed by atoms with Crippen LogP contribution in [0.25, 0.3) is 16.6 Å². The average Bonchev–Trinajstić information content (AvgIpc) is 2.91.